The lowest BCUT2D eigenvalue weighted by atomic mass is 9.94. The average molecular weight is 206 g/mol. The van der Waals surface area contributed by atoms with Gasteiger partial charge in [-0.2, -0.15) is 0 Å². The third kappa shape index (κ3) is 1.02. The number of carbonyl (C=O) groups excluding carboxylic acids is 1. The van der Waals surface area contributed by atoms with Gasteiger partial charge >= 0.3 is 0 Å². The van der Waals surface area contributed by atoms with E-state index >= 15 is 0 Å². The molecular formula is C12H18N2O. The molecule has 4 rings (SSSR count). The minimum Gasteiger partial charge on any atom is -0.325 e. The molecule has 4 fully saturated rings. The highest BCUT2D eigenvalue weighted by atomic mass is 16.2. The second-order valence-corrected chi connectivity index (χ2v) is 5.93. The predicted octanol–water partition coefficient (Wildman–Crippen LogP) is 1.10. The molecule has 1 N–H and O–H groups in total. The fourth-order valence-corrected chi connectivity index (χ4v) is 4.04. The molecular weight excluding hydrogens is 188 g/mol. The molecule has 3 aliphatic carbocycles. The van der Waals surface area contributed by atoms with Crippen molar-refractivity contribution in [3.05, 3.63) is 0 Å². The molecule has 4 aliphatic rings. The molecule has 15 heavy (non-hydrogen) atoms. The van der Waals surface area contributed by atoms with Gasteiger partial charge in [0.2, 0.25) is 5.91 Å². The normalized spacial score (nSPS) is 45.7. The molecule has 3 heteroatoms. The first kappa shape index (κ1) is 8.57. The molecule has 1 aliphatic heterocycles. The highest BCUT2D eigenvalue weighted by Crippen LogP contribution is 2.49. The van der Waals surface area contributed by atoms with Crippen molar-refractivity contribution in [1.82, 2.24) is 10.2 Å². The average Bonchev–Trinajstić information content (AvgIpc) is 2.59. The first-order chi connectivity index (χ1) is 7.28. The van der Waals surface area contributed by atoms with Crippen LogP contribution in [0, 0.1) is 11.8 Å². The van der Waals surface area contributed by atoms with Crippen molar-refractivity contribution in [2.24, 2.45) is 11.8 Å². The number of carbonyl (C=O) groups is 1. The fraction of sp³-hybridized carbons (Fsp3) is 0.917. The maximum absolute atomic E-state index is 12.2. The third-order valence-corrected chi connectivity index (χ3v) is 5.11. The summed E-state index contributed by atoms with van der Waals surface area (Å²) < 4.78 is 0. The lowest BCUT2D eigenvalue weighted by Gasteiger charge is -2.30. The van der Waals surface area contributed by atoms with E-state index in [9.17, 15) is 4.79 Å². The molecule has 3 atom stereocenters. The Hall–Kier alpha value is -0.570. The van der Waals surface area contributed by atoms with Crippen molar-refractivity contribution in [2.45, 2.75) is 50.1 Å². The van der Waals surface area contributed by atoms with Crippen LogP contribution in [0.3, 0.4) is 0 Å². The fourth-order valence-electron chi connectivity index (χ4n) is 4.04. The summed E-state index contributed by atoms with van der Waals surface area (Å²) in [7, 11) is 0. The largest absolute Gasteiger partial charge is 0.325 e. The molecule has 1 heterocycles. The summed E-state index contributed by atoms with van der Waals surface area (Å²) >= 11 is 0. The number of hydrogen-bond acceptors (Lipinski definition) is 2. The zero-order valence-corrected chi connectivity index (χ0v) is 9.04. The third-order valence-electron chi connectivity index (χ3n) is 5.11. The topological polar surface area (TPSA) is 32.3 Å². The van der Waals surface area contributed by atoms with Crippen LogP contribution < -0.4 is 5.32 Å². The van der Waals surface area contributed by atoms with Crippen molar-refractivity contribution >= 4 is 5.91 Å². The van der Waals surface area contributed by atoms with Gasteiger partial charge in [-0.3, -0.25) is 10.1 Å². The van der Waals surface area contributed by atoms with Gasteiger partial charge in [-0.25, -0.2) is 0 Å². The number of amides is 1. The molecule has 1 spiro atoms. The molecule has 3 nitrogen and oxygen atoms in total. The van der Waals surface area contributed by atoms with Crippen molar-refractivity contribution < 1.29 is 4.79 Å². The first-order valence-electron chi connectivity index (χ1n) is 6.35. The second kappa shape index (κ2) is 2.57. The van der Waals surface area contributed by atoms with Gasteiger partial charge in [0.15, 0.2) is 0 Å². The van der Waals surface area contributed by atoms with Crippen LogP contribution in [0.15, 0.2) is 0 Å². The summed E-state index contributed by atoms with van der Waals surface area (Å²) in [6.45, 7) is 0.826. The first-order valence-corrected chi connectivity index (χ1v) is 6.35. The molecule has 0 aromatic carbocycles. The zero-order chi connectivity index (χ0) is 10.0. The molecule has 1 amide bonds. The zero-order valence-electron chi connectivity index (χ0n) is 9.04. The number of rotatable bonds is 1. The SMILES string of the molecule is O=C1N(C2CC3CCC2C3)CNC12CC2. The Balaban J connectivity index is 1.57. The Labute approximate surface area is 90.2 Å². The molecule has 1 saturated heterocycles. The Morgan fingerprint density at radius 2 is 2.13 bits per heavy atom. The van der Waals surface area contributed by atoms with E-state index in [0.717, 1.165) is 31.3 Å². The van der Waals surface area contributed by atoms with Crippen molar-refractivity contribution in [1.29, 1.82) is 0 Å². The lowest BCUT2D eigenvalue weighted by Crippen LogP contribution is -2.42. The summed E-state index contributed by atoms with van der Waals surface area (Å²) in [6.07, 6.45) is 7.61. The second-order valence-electron chi connectivity index (χ2n) is 5.93. The van der Waals surface area contributed by atoms with Gasteiger partial charge in [-0.1, -0.05) is 6.42 Å². The van der Waals surface area contributed by atoms with Gasteiger partial charge in [0.25, 0.3) is 0 Å². The van der Waals surface area contributed by atoms with Crippen LogP contribution in [0.5, 0.6) is 0 Å². The summed E-state index contributed by atoms with van der Waals surface area (Å²) in [5.41, 5.74) is -0.0815. The molecule has 82 valence electrons. The van der Waals surface area contributed by atoms with E-state index in [1.54, 1.807) is 0 Å². The molecule has 3 saturated carbocycles. The van der Waals surface area contributed by atoms with Crippen LogP contribution in [0.4, 0.5) is 0 Å². The van der Waals surface area contributed by atoms with Crippen LogP contribution in [-0.2, 0) is 4.79 Å². The van der Waals surface area contributed by atoms with Gasteiger partial charge in [0, 0.05) is 6.04 Å². The highest BCUT2D eigenvalue weighted by Gasteiger charge is 2.58. The quantitative estimate of drug-likeness (QED) is 0.696. The van der Waals surface area contributed by atoms with Crippen LogP contribution in [0.1, 0.15) is 38.5 Å². The van der Waals surface area contributed by atoms with Gasteiger partial charge in [0.05, 0.1) is 12.2 Å². The van der Waals surface area contributed by atoms with Crippen LogP contribution in [0.25, 0.3) is 0 Å². The summed E-state index contributed by atoms with van der Waals surface area (Å²) in [4.78, 5) is 14.4. The lowest BCUT2D eigenvalue weighted by molar-refractivity contribution is -0.132. The smallest absolute Gasteiger partial charge is 0.244 e. The maximum Gasteiger partial charge on any atom is 0.244 e. The highest BCUT2D eigenvalue weighted by molar-refractivity contribution is 5.91. The Morgan fingerprint density at radius 3 is 2.67 bits per heavy atom. The monoisotopic (exact) mass is 206 g/mol. The van der Waals surface area contributed by atoms with Gasteiger partial charge in [-0.15, -0.1) is 0 Å². The van der Waals surface area contributed by atoms with E-state index in [1.807, 2.05) is 0 Å². The van der Waals surface area contributed by atoms with Crippen LogP contribution in [-0.4, -0.2) is 29.1 Å². The number of hydrogen-bond donors (Lipinski definition) is 1. The van der Waals surface area contributed by atoms with Crippen LogP contribution >= 0.6 is 0 Å². The van der Waals surface area contributed by atoms with Gasteiger partial charge in [-0.05, 0) is 43.9 Å². The van der Waals surface area contributed by atoms with Crippen molar-refractivity contribution in [3.8, 4) is 0 Å². The molecule has 0 aromatic rings. The standard InChI is InChI=1S/C12H18N2O/c15-11-12(3-4-12)13-7-14(11)10-6-8-1-2-9(10)5-8/h8-10,13H,1-7H2. The molecule has 0 radical (unpaired) electrons. The summed E-state index contributed by atoms with van der Waals surface area (Å²) in [6, 6.07) is 0.587. The van der Waals surface area contributed by atoms with Crippen LogP contribution in [0.2, 0.25) is 0 Å². The molecule has 2 bridgehead atoms. The van der Waals surface area contributed by atoms with Crippen molar-refractivity contribution in [3.63, 3.8) is 0 Å². The van der Waals surface area contributed by atoms with E-state index < -0.39 is 0 Å². The van der Waals surface area contributed by atoms with Gasteiger partial charge in [0.1, 0.15) is 0 Å². The van der Waals surface area contributed by atoms with E-state index in [-0.39, 0.29) is 5.54 Å². The molecule has 3 unspecified atom stereocenters. The summed E-state index contributed by atoms with van der Waals surface area (Å²) in [5, 5.41) is 3.42. The number of nitrogens with zero attached hydrogens (tertiary/aromatic N) is 1. The van der Waals surface area contributed by atoms with Gasteiger partial charge < -0.3 is 4.90 Å². The van der Waals surface area contributed by atoms with E-state index in [4.69, 9.17) is 0 Å². The minimum atomic E-state index is -0.0815. The van der Waals surface area contributed by atoms with E-state index in [1.165, 1.54) is 25.7 Å². The Bertz CT molecular complexity index is 324. The predicted molar refractivity (Wildman–Crippen MR) is 56.0 cm³/mol. The Kier molecular flexibility index (Phi) is 1.47. The maximum atomic E-state index is 12.2. The number of fused-ring (bicyclic) bond motifs is 2. The molecule has 0 aromatic heterocycles. The summed E-state index contributed by atoms with van der Waals surface area (Å²) in [5.74, 6) is 2.18. The van der Waals surface area contributed by atoms with E-state index in [2.05, 4.69) is 10.2 Å². The van der Waals surface area contributed by atoms with E-state index in [0.29, 0.717) is 11.9 Å². The van der Waals surface area contributed by atoms with Crippen molar-refractivity contribution in [2.75, 3.05) is 6.67 Å². The minimum absolute atomic E-state index is 0.0815. The Morgan fingerprint density at radius 1 is 1.27 bits per heavy atom. The number of nitrogens with one attached hydrogen (secondary N) is 1.